The van der Waals surface area contributed by atoms with Gasteiger partial charge in [0.1, 0.15) is 5.82 Å². The van der Waals surface area contributed by atoms with E-state index in [9.17, 15) is 4.39 Å². The Morgan fingerprint density at radius 2 is 2.17 bits per heavy atom. The van der Waals surface area contributed by atoms with Gasteiger partial charge < -0.3 is 5.32 Å². The van der Waals surface area contributed by atoms with Gasteiger partial charge in [0, 0.05) is 17.1 Å². The van der Waals surface area contributed by atoms with Gasteiger partial charge in [-0.1, -0.05) is 24.1 Å². The molecule has 2 fully saturated rings. The smallest absolute Gasteiger partial charge is 0.129 e. The van der Waals surface area contributed by atoms with Gasteiger partial charge in [0.2, 0.25) is 0 Å². The first-order valence-corrected chi connectivity index (χ1v) is 7.25. The maximum absolute atomic E-state index is 13.6. The molecular weight excluding hydrogens is 249 g/mol. The molecule has 0 amide bonds. The van der Waals surface area contributed by atoms with Crippen molar-refractivity contribution >= 4 is 11.6 Å². The lowest BCUT2D eigenvalue weighted by molar-refractivity contribution is 0.318. The summed E-state index contributed by atoms with van der Waals surface area (Å²) < 4.78 is 13.6. The van der Waals surface area contributed by atoms with E-state index in [4.69, 9.17) is 11.6 Å². The third-order valence-electron chi connectivity index (χ3n) is 4.62. The van der Waals surface area contributed by atoms with Crippen molar-refractivity contribution < 1.29 is 4.39 Å². The lowest BCUT2D eigenvalue weighted by atomic mass is 9.89. The Morgan fingerprint density at radius 1 is 1.28 bits per heavy atom. The highest BCUT2D eigenvalue weighted by molar-refractivity contribution is 6.30. The fourth-order valence-corrected chi connectivity index (χ4v) is 3.84. The minimum absolute atomic E-state index is 0.206. The molecule has 3 heteroatoms. The molecule has 3 unspecified atom stereocenters. The first kappa shape index (κ1) is 12.4. The van der Waals surface area contributed by atoms with Crippen molar-refractivity contribution in [3.05, 3.63) is 34.6 Å². The summed E-state index contributed by atoms with van der Waals surface area (Å²) in [6.45, 7) is 1.64. The Morgan fingerprint density at radius 3 is 2.83 bits per heavy atom. The van der Waals surface area contributed by atoms with Crippen molar-refractivity contribution in [3.8, 4) is 0 Å². The molecule has 98 valence electrons. The molecule has 0 aliphatic heterocycles. The van der Waals surface area contributed by atoms with Crippen LogP contribution in [0, 0.1) is 23.6 Å². The molecule has 1 aromatic carbocycles. The summed E-state index contributed by atoms with van der Waals surface area (Å²) >= 11 is 5.74. The Hall–Kier alpha value is -0.600. The van der Waals surface area contributed by atoms with Gasteiger partial charge in [-0.25, -0.2) is 4.39 Å². The standard InChI is InChI=1S/C15H19ClFN/c16-14-4-3-12(15(17)7-14)8-18-9-13-6-10-1-2-11(13)5-10/h3-4,7,10-11,13,18H,1-2,5-6,8-9H2. The summed E-state index contributed by atoms with van der Waals surface area (Å²) in [5.74, 6) is 2.52. The highest BCUT2D eigenvalue weighted by atomic mass is 35.5. The van der Waals surface area contributed by atoms with E-state index in [2.05, 4.69) is 5.32 Å². The van der Waals surface area contributed by atoms with Crippen LogP contribution in [0.5, 0.6) is 0 Å². The van der Waals surface area contributed by atoms with E-state index < -0.39 is 0 Å². The second-order valence-corrected chi connectivity index (χ2v) is 6.24. The average molecular weight is 268 g/mol. The lowest BCUT2D eigenvalue weighted by Crippen LogP contribution is -2.26. The first-order valence-electron chi connectivity index (χ1n) is 6.87. The van der Waals surface area contributed by atoms with Crippen LogP contribution >= 0.6 is 11.6 Å². The van der Waals surface area contributed by atoms with Crippen LogP contribution in [-0.4, -0.2) is 6.54 Å². The van der Waals surface area contributed by atoms with Crippen molar-refractivity contribution in [3.63, 3.8) is 0 Å². The van der Waals surface area contributed by atoms with Crippen LogP contribution in [0.2, 0.25) is 5.02 Å². The Labute approximate surface area is 113 Å². The molecule has 1 N–H and O–H groups in total. The van der Waals surface area contributed by atoms with Gasteiger partial charge in [0.15, 0.2) is 0 Å². The molecule has 0 saturated heterocycles. The number of benzene rings is 1. The zero-order valence-corrected chi connectivity index (χ0v) is 11.2. The molecule has 3 rings (SSSR count). The van der Waals surface area contributed by atoms with Crippen LogP contribution in [0.25, 0.3) is 0 Å². The number of halogens is 2. The van der Waals surface area contributed by atoms with E-state index in [1.807, 2.05) is 0 Å². The SMILES string of the molecule is Fc1cc(Cl)ccc1CNCC1CC2CCC1C2. The minimum Gasteiger partial charge on any atom is -0.312 e. The van der Waals surface area contributed by atoms with Crippen LogP contribution < -0.4 is 5.32 Å². The predicted octanol–water partition coefficient (Wildman–Crippen LogP) is 4.00. The van der Waals surface area contributed by atoms with Crippen molar-refractivity contribution in [1.82, 2.24) is 5.32 Å². The minimum atomic E-state index is -0.206. The molecule has 0 aromatic heterocycles. The van der Waals surface area contributed by atoms with Gasteiger partial charge in [-0.15, -0.1) is 0 Å². The van der Waals surface area contributed by atoms with Crippen LogP contribution in [0.1, 0.15) is 31.2 Å². The van der Waals surface area contributed by atoms with E-state index in [1.165, 1.54) is 31.7 Å². The molecule has 2 saturated carbocycles. The second kappa shape index (κ2) is 5.18. The third kappa shape index (κ3) is 2.55. The fraction of sp³-hybridized carbons (Fsp3) is 0.600. The molecule has 0 radical (unpaired) electrons. The highest BCUT2D eigenvalue weighted by Crippen LogP contribution is 2.47. The lowest BCUT2D eigenvalue weighted by Gasteiger charge is -2.22. The van der Waals surface area contributed by atoms with Gasteiger partial charge in [0.25, 0.3) is 0 Å². The van der Waals surface area contributed by atoms with E-state index in [0.29, 0.717) is 17.1 Å². The quantitative estimate of drug-likeness (QED) is 0.869. The second-order valence-electron chi connectivity index (χ2n) is 5.80. The van der Waals surface area contributed by atoms with Crippen molar-refractivity contribution in [2.45, 2.75) is 32.2 Å². The number of fused-ring (bicyclic) bond motifs is 2. The van der Waals surface area contributed by atoms with E-state index in [1.54, 1.807) is 12.1 Å². The zero-order valence-electron chi connectivity index (χ0n) is 10.5. The topological polar surface area (TPSA) is 12.0 Å². The van der Waals surface area contributed by atoms with Crippen molar-refractivity contribution in [2.24, 2.45) is 17.8 Å². The van der Waals surface area contributed by atoms with Gasteiger partial charge in [-0.3, -0.25) is 0 Å². The monoisotopic (exact) mass is 267 g/mol. The highest BCUT2D eigenvalue weighted by Gasteiger charge is 2.38. The summed E-state index contributed by atoms with van der Waals surface area (Å²) in [6.07, 6.45) is 5.65. The van der Waals surface area contributed by atoms with E-state index in [0.717, 1.165) is 24.3 Å². The molecular formula is C15H19ClFN. The average Bonchev–Trinajstić information content (AvgIpc) is 2.94. The van der Waals surface area contributed by atoms with Gasteiger partial charge >= 0.3 is 0 Å². The molecule has 2 bridgehead atoms. The van der Waals surface area contributed by atoms with Crippen LogP contribution in [0.3, 0.4) is 0 Å². The molecule has 0 spiro atoms. The number of hydrogen-bond donors (Lipinski definition) is 1. The molecule has 2 aliphatic carbocycles. The number of rotatable bonds is 4. The summed E-state index contributed by atoms with van der Waals surface area (Å²) in [4.78, 5) is 0. The Kier molecular flexibility index (Phi) is 3.58. The fourth-order valence-electron chi connectivity index (χ4n) is 3.68. The van der Waals surface area contributed by atoms with E-state index >= 15 is 0 Å². The van der Waals surface area contributed by atoms with Crippen LogP contribution in [-0.2, 0) is 6.54 Å². The Balaban J connectivity index is 1.50. The summed E-state index contributed by atoms with van der Waals surface area (Å²) in [5.41, 5.74) is 0.711. The largest absolute Gasteiger partial charge is 0.312 e. The van der Waals surface area contributed by atoms with Gasteiger partial charge in [-0.2, -0.15) is 0 Å². The zero-order chi connectivity index (χ0) is 12.5. The summed E-state index contributed by atoms with van der Waals surface area (Å²) in [6, 6.07) is 4.90. The Bertz CT molecular complexity index is 435. The van der Waals surface area contributed by atoms with E-state index in [-0.39, 0.29) is 5.82 Å². The summed E-state index contributed by atoms with van der Waals surface area (Å²) in [7, 11) is 0. The van der Waals surface area contributed by atoms with Crippen molar-refractivity contribution in [1.29, 1.82) is 0 Å². The van der Waals surface area contributed by atoms with Gasteiger partial charge in [0.05, 0.1) is 0 Å². The maximum atomic E-state index is 13.6. The third-order valence-corrected chi connectivity index (χ3v) is 4.86. The molecule has 1 nitrogen and oxygen atoms in total. The molecule has 1 aromatic rings. The first-order chi connectivity index (χ1) is 8.72. The molecule has 2 aliphatic rings. The normalized spacial score (nSPS) is 30.0. The van der Waals surface area contributed by atoms with Gasteiger partial charge in [-0.05, 0) is 55.7 Å². The predicted molar refractivity (Wildman–Crippen MR) is 72.1 cm³/mol. The van der Waals surface area contributed by atoms with Crippen LogP contribution in [0.4, 0.5) is 4.39 Å². The maximum Gasteiger partial charge on any atom is 0.129 e. The molecule has 3 atom stereocenters. The number of hydrogen-bond acceptors (Lipinski definition) is 1. The summed E-state index contributed by atoms with van der Waals surface area (Å²) in [5, 5.41) is 3.87. The molecule has 0 heterocycles. The van der Waals surface area contributed by atoms with Crippen molar-refractivity contribution in [2.75, 3.05) is 6.54 Å². The molecule has 18 heavy (non-hydrogen) atoms. The number of nitrogens with one attached hydrogen (secondary N) is 1. The van der Waals surface area contributed by atoms with Crippen LogP contribution in [0.15, 0.2) is 18.2 Å².